The van der Waals surface area contributed by atoms with Gasteiger partial charge in [0.05, 0.1) is 16.9 Å². The summed E-state index contributed by atoms with van der Waals surface area (Å²) in [4.78, 5) is 12.0. The molecule has 1 aliphatic rings. The number of hydrogen-bond donors (Lipinski definition) is 1. The number of nitriles is 1. The number of hydrogen-bond acceptors (Lipinski definition) is 3. The molecule has 0 amide bonds. The first-order valence-corrected chi connectivity index (χ1v) is 4.79. The molecule has 3 rings (SSSR count). The highest BCUT2D eigenvalue weighted by atomic mass is 16.1. The van der Waals surface area contributed by atoms with Gasteiger partial charge in [-0.15, -0.1) is 0 Å². The fraction of sp³-hybridized carbons (Fsp3) is 0. The summed E-state index contributed by atoms with van der Waals surface area (Å²) in [6.45, 7) is 0. The molecule has 0 atom stereocenters. The number of anilines is 1. The third-order valence-electron chi connectivity index (χ3n) is 2.78. The lowest BCUT2D eigenvalue weighted by Gasteiger charge is -2.03. The average molecular weight is 209 g/mol. The molecule has 0 bridgehead atoms. The molecule has 2 heterocycles. The van der Waals surface area contributed by atoms with Crippen LogP contribution in [0.5, 0.6) is 0 Å². The van der Waals surface area contributed by atoms with Crippen LogP contribution >= 0.6 is 0 Å². The fourth-order valence-electron chi connectivity index (χ4n) is 2.04. The van der Waals surface area contributed by atoms with Gasteiger partial charge in [0.2, 0.25) is 5.78 Å². The van der Waals surface area contributed by atoms with E-state index in [9.17, 15) is 4.79 Å². The summed E-state index contributed by atoms with van der Waals surface area (Å²) in [5.41, 5.74) is 8.03. The molecule has 2 N–H and O–H groups in total. The Labute approximate surface area is 91.5 Å². The zero-order valence-corrected chi connectivity index (χ0v) is 8.27. The molecule has 4 heteroatoms. The Balaban J connectivity index is 2.41. The molecule has 4 nitrogen and oxygen atoms in total. The van der Waals surface area contributed by atoms with Crippen molar-refractivity contribution in [3.8, 4) is 11.8 Å². The minimum Gasteiger partial charge on any atom is -0.384 e. The Morgan fingerprint density at radius 1 is 1.31 bits per heavy atom. The number of benzene rings is 1. The van der Waals surface area contributed by atoms with Crippen molar-refractivity contribution >= 4 is 11.6 Å². The van der Waals surface area contributed by atoms with Crippen LogP contribution in [0.1, 0.15) is 21.6 Å². The lowest BCUT2D eigenvalue weighted by molar-refractivity contribution is 0.104. The van der Waals surface area contributed by atoms with Crippen LogP contribution < -0.4 is 5.73 Å². The molecule has 0 saturated heterocycles. The predicted octanol–water partition coefficient (Wildman–Crippen LogP) is 1.48. The third kappa shape index (κ3) is 0.848. The molecule has 0 fully saturated rings. The predicted molar refractivity (Wildman–Crippen MR) is 58.3 cm³/mol. The van der Waals surface area contributed by atoms with Gasteiger partial charge in [-0.25, -0.2) is 0 Å². The van der Waals surface area contributed by atoms with Gasteiger partial charge in [-0.2, -0.15) is 5.26 Å². The van der Waals surface area contributed by atoms with E-state index in [1.54, 1.807) is 10.6 Å². The zero-order valence-electron chi connectivity index (χ0n) is 8.27. The molecular weight excluding hydrogens is 202 g/mol. The van der Waals surface area contributed by atoms with Crippen molar-refractivity contribution in [2.24, 2.45) is 0 Å². The normalized spacial score (nSPS) is 12.1. The molecule has 1 aromatic carbocycles. The number of nitrogen functional groups attached to an aromatic ring is 1. The van der Waals surface area contributed by atoms with E-state index in [0.29, 0.717) is 22.6 Å². The third-order valence-corrected chi connectivity index (χ3v) is 2.78. The van der Waals surface area contributed by atoms with E-state index in [2.05, 4.69) is 0 Å². The van der Waals surface area contributed by atoms with E-state index in [1.165, 1.54) is 6.07 Å². The number of carbonyl (C=O) groups is 1. The van der Waals surface area contributed by atoms with Crippen LogP contribution in [0.15, 0.2) is 30.3 Å². The smallest absolute Gasteiger partial charge is 0.211 e. The number of carbonyl (C=O) groups excluding carboxylic acids is 1. The molecule has 16 heavy (non-hydrogen) atoms. The molecule has 1 aromatic heterocycles. The van der Waals surface area contributed by atoms with Gasteiger partial charge in [-0.1, -0.05) is 12.1 Å². The van der Waals surface area contributed by atoms with Gasteiger partial charge in [0.1, 0.15) is 11.9 Å². The molecule has 0 saturated carbocycles. The van der Waals surface area contributed by atoms with Crippen molar-refractivity contribution in [2.45, 2.75) is 0 Å². The zero-order chi connectivity index (χ0) is 11.3. The van der Waals surface area contributed by atoms with Gasteiger partial charge in [0, 0.05) is 5.56 Å². The maximum atomic E-state index is 12.0. The summed E-state index contributed by atoms with van der Waals surface area (Å²) in [7, 11) is 0. The first-order chi connectivity index (χ1) is 7.74. The summed E-state index contributed by atoms with van der Waals surface area (Å²) in [5.74, 6) is 0.250. The van der Waals surface area contributed by atoms with E-state index in [1.807, 2.05) is 24.3 Å². The second-order valence-electron chi connectivity index (χ2n) is 3.62. The van der Waals surface area contributed by atoms with Crippen LogP contribution in [0.25, 0.3) is 5.69 Å². The van der Waals surface area contributed by atoms with Crippen LogP contribution in [-0.2, 0) is 0 Å². The van der Waals surface area contributed by atoms with E-state index in [0.717, 1.165) is 5.69 Å². The first kappa shape index (κ1) is 8.74. The summed E-state index contributed by atoms with van der Waals surface area (Å²) in [5, 5.41) is 8.86. The molecule has 0 spiro atoms. The molecule has 1 aliphatic heterocycles. The Hall–Kier alpha value is -2.54. The monoisotopic (exact) mass is 209 g/mol. The van der Waals surface area contributed by atoms with Crippen molar-refractivity contribution in [2.75, 3.05) is 5.73 Å². The quantitative estimate of drug-likeness (QED) is 0.609. The van der Waals surface area contributed by atoms with Crippen LogP contribution in [0, 0.1) is 11.3 Å². The lowest BCUT2D eigenvalue weighted by atomic mass is 10.1. The molecule has 2 aromatic rings. The number of rotatable bonds is 0. The summed E-state index contributed by atoms with van der Waals surface area (Å²) >= 11 is 0. The molecule has 0 aliphatic carbocycles. The van der Waals surface area contributed by atoms with Crippen LogP contribution in [0.4, 0.5) is 5.82 Å². The van der Waals surface area contributed by atoms with Crippen LogP contribution in [0.3, 0.4) is 0 Å². The minimum atomic E-state index is -0.0798. The summed E-state index contributed by atoms with van der Waals surface area (Å²) in [6, 6.07) is 10.7. The number of nitrogens with zero attached hydrogens (tertiary/aromatic N) is 2. The lowest BCUT2D eigenvalue weighted by Crippen LogP contribution is -1.99. The van der Waals surface area contributed by atoms with Gasteiger partial charge in [0.15, 0.2) is 0 Å². The standard InChI is InChI=1S/C12H7N3O/c13-6-7-5-10-11(16)8-3-1-2-4-9(8)15(10)12(7)14/h1-5H,14H2. The Morgan fingerprint density at radius 3 is 2.81 bits per heavy atom. The van der Waals surface area contributed by atoms with Gasteiger partial charge < -0.3 is 5.73 Å². The molecular formula is C12H7N3O. The van der Waals surface area contributed by atoms with E-state index in [-0.39, 0.29) is 5.78 Å². The minimum absolute atomic E-state index is 0.0798. The van der Waals surface area contributed by atoms with Gasteiger partial charge in [-0.3, -0.25) is 9.36 Å². The fourth-order valence-corrected chi connectivity index (χ4v) is 2.04. The maximum absolute atomic E-state index is 12.0. The number of fused-ring (bicyclic) bond motifs is 3. The van der Waals surface area contributed by atoms with E-state index >= 15 is 0 Å². The van der Waals surface area contributed by atoms with E-state index < -0.39 is 0 Å². The molecule has 76 valence electrons. The van der Waals surface area contributed by atoms with Crippen LogP contribution in [-0.4, -0.2) is 10.4 Å². The first-order valence-electron chi connectivity index (χ1n) is 4.79. The number of ketones is 1. The summed E-state index contributed by atoms with van der Waals surface area (Å²) < 4.78 is 1.64. The highest BCUT2D eigenvalue weighted by molar-refractivity contribution is 6.15. The highest BCUT2D eigenvalue weighted by Gasteiger charge is 2.29. The Bertz CT molecular complexity index is 661. The van der Waals surface area contributed by atoms with Crippen LogP contribution in [0.2, 0.25) is 0 Å². The van der Waals surface area contributed by atoms with Crippen molar-refractivity contribution < 1.29 is 4.79 Å². The second kappa shape index (κ2) is 2.74. The highest BCUT2D eigenvalue weighted by Crippen LogP contribution is 2.33. The largest absolute Gasteiger partial charge is 0.384 e. The number of para-hydroxylation sites is 1. The SMILES string of the molecule is N#Cc1cc2n(c1N)-c1ccccc1C2=O. The topological polar surface area (TPSA) is 71.8 Å². The number of aromatic nitrogens is 1. The molecule has 0 radical (unpaired) electrons. The van der Waals surface area contributed by atoms with Gasteiger partial charge >= 0.3 is 0 Å². The average Bonchev–Trinajstić information content (AvgIpc) is 2.78. The molecule has 0 unspecified atom stereocenters. The van der Waals surface area contributed by atoms with Crippen molar-refractivity contribution in [1.29, 1.82) is 5.26 Å². The Morgan fingerprint density at radius 2 is 2.06 bits per heavy atom. The van der Waals surface area contributed by atoms with Gasteiger partial charge in [-0.05, 0) is 18.2 Å². The van der Waals surface area contributed by atoms with Gasteiger partial charge in [0.25, 0.3) is 0 Å². The van der Waals surface area contributed by atoms with Crippen molar-refractivity contribution in [1.82, 2.24) is 4.57 Å². The number of nitrogens with two attached hydrogens (primary N) is 1. The summed E-state index contributed by atoms with van der Waals surface area (Å²) in [6.07, 6.45) is 0. The van der Waals surface area contributed by atoms with E-state index in [4.69, 9.17) is 11.0 Å². The van der Waals surface area contributed by atoms with Crippen molar-refractivity contribution in [3.63, 3.8) is 0 Å². The Kier molecular flexibility index (Phi) is 1.49. The van der Waals surface area contributed by atoms with Crippen molar-refractivity contribution in [3.05, 3.63) is 47.2 Å². The second-order valence-corrected chi connectivity index (χ2v) is 3.62. The maximum Gasteiger partial charge on any atom is 0.211 e.